The number of carbonyl (C=O) groups excluding carboxylic acids is 1. The monoisotopic (exact) mass is 452 g/mol. The number of halogens is 2. The molecule has 0 atom stereocenters. The van der Waals surface area contributed by atoms with Gasteiger partial charge in [-0.25, -0.2) is 4.68 Å². The lowest BCUT2D eigenvalue weighted by Gasteiger charge is -2.16. The number of rotatable bonds is 6. The number of benzene rings is 2. The van der Waals surface area contributed by atoms with Crippen molar-refractivity contribution in [2.24, 2.45) is 0 Å². The molecule has 0 aliphatic rings. The van der Waals surface area contributed by atoms with E-state index in [1.807, 2.05) is 0 Å². The van der Waals surface area contributed by atoms with Gasteiger partial charge in [-0.1, -0.05) is 35.0 Å². The van der Waals surface area contributed by atoms with E-state index >= 15 is 0 Å². The second kappa shape index (κ2) is 8.68. The van der Waals surface area contributed by atoms with Gasteiger partial charge in [-0.15, -0.1) is 10.2 Å². The van der Waals surface area contributed by atoms with E-state index in [1.165, 1.54) is 33.8 Å². The maximum Gasteiger partial charge on any atom is 0.269 e. The zero-order chi connectivity index (χ0) is 21.1. The van der Waals surface area contributed by atoms with Crippen LogP contribution in [0.5, 0.6) is 0 Å². The predicted molar refractivity (Wildman–Crippen MR) is 113 cm³/mol. The maximum absolute atomic E-state index is 12.5. The number of hydrogen-bond acceptors (Lipinski definition) is 7. The summed E-state index contributed by atoms with van der Waals surface area (Å²) in [6, 6.07) is 10.6. The SMILES string of the molecule is CN(C(=O)CSc1nnc(-c2ccc(Cl)cc2Cl)n1N)c1ccc([N+](=O)[O-])cc1. The van der Waals surface area contributed by atoms with Crippen molar-refractivity contribution in [3.63, 3.8) is 0 Å². The van der Waals surface area contributed by atoms with E-state index in [0.29, 0.717) is 32.3 Å². The normalized spacial score (nSPS) is 10.7. The molecular formula is C17H14Cl2N6O3S. The van der Waals surface area contributed by atoms with Gasteiger partial charge in [0.2, 0.25) is 11.1 Å². The number of thioether (sulfide) groups is 1. The first-order valence-electron chi connectivity index (χ1n) is 8.07. The Morgan fingerprint density at radius 2 is 1.93 bits per heavy atom. The van der Waals surface area contributed by atoms with E-state index in [1.54, 1.807) is 25.2 Å². The van der Waals surface area contributed by atoms with Crippen LogP contribution in [-0.4, -0.2) is 38.5 Å². The van der Waals surface area contributed by atoms with Gasteiger partial charge in [-0.2, -0.15) is 0 Å². The van der Waals surface area contributed by atoms with Crippen molar-refractivity contribution in [2.75, 3.05) is 23.5 Å². The largest absolute Gasteiger partial charge is 0.335 e. The summed E-state index contributed by atoms with van der Waals surface area (Å²) in [6.07, 6.45) is 0. The molecule has 3 rings (SSSR count). The number of anilines is 1. The van der Waals surface area contributed by atoms with Gasteiger partial charge < -0.3 is 10.7 Å². The highest BCUT2D eigenvalue weighted by atomic mass is 35.5. The quantitative estimate of drug-likeness (QED) is 0.262. The molecule has 0 saturated heterocycles. The number of non-ortho nitro benzene ring substituents is 1. The predicted octanol–water partition coefficient (Wildman–Crippen LogP) is 3.63. The van der Waals surface area contributed by atoms with Gasteiger partial charge in [0, 0.05) is 35.5 Å². The highest BCUT2D eigenvalue weighted by Gasteiger charge is 2.18. The molecule has 2 N–H and O–H groups in total. The second-order valence-corrected chi connectivity index (χ2v) is 7.60. The minimum atomic E-state index is -0.500. The molecule has 12 heteroatoms. The van der Waals surface area contributed by atoms with Crippen LogP contribution in [0.25, 0.3) is 11.4 Å². The Labute approximate surface area is 179 Å². The fourth-order valence-corrected chi connectivity index (χ4v) is 3.66. The third-order valence-electron chi connectivity index (χ3n) is 3.98. The zero-order valence-electron chi connectivity index (χ0n) is 15.0. The van der Waals surface area contributed by atoms with Crippen LogP contribution in [0.3, 0.4) is 0 Å². The van der Waals surface area contributed by atoms with Crippen molar-refractivity contribution in [3.8, 4) is 11.4 Å². The van der Waals surface area contributed by atoms with Gasteiger partial charge in [0.05, 0.1) is 15.7 Å². The standard InChI is InChI=1S/C17H14Cl2N6O3S/c1-23(11-3-5-12(6-4-11)25(27)28)15(26)9-29-17-22-21-16(24(17)20)13-7-2-10(18)8-14(13)19/h2-8H,9,20H2,1H3. The van der Waals surface area contributed by atoms with Gasteiger partial charge in [0.15, 0.2) is 5.82 Å². The molecule has 1 amide bonds. The van der Waals surface area contributed by atoms with Crippen LogP contribution < -0.4 is 10.7 Å². The summed E-state index contributed by atoms with van der Waals surface area (Å²) in [5, 5.41) is 20.0. The molecule has 29 heavy (non-hydrogen) atoms. The number of nitrogens with zero attached hydrogens (tertiary/aromatic N) is 5. The molecule has 1 aromatic heterocycles. The summed E-state index contributed by atoms with van der Waals surface area (Å²) >= 11 is 13.2. The topological polar surface area (TPSA) is 120 Å². The first-order valence-corrected chi connectivity index (χ1v) is 9.82. The number of carbonyl (C=O) groups is 1. The van der Waals surface area contributed by atoms with Crippen LogP contribution in [0, 0.1) is 10.1 Å². The van der Waals surface area contributed by atoms with Crippen LogP contribution >= 0.6 is 35.0 Å². The van der Waals surface area contributed by atoms with Crippen LogP contribution in [0.4, 0.5) is 11.4 Å². The number of aromatic nitrogens is 3. The van der Waals surface area contributed by atoms with Gasteiger partial charge in [0.1, 0.15) is 0 Å². The van der Waals surface area contributed by atoms with Crippen LogP contribution in [0.15, 0.2) is 47.6 Å². The van der Waals surface area contributed by atoms with E-state index in [4.69, 9.17) is 29.0 Å². The minimum Gasteiger partial charge on any atom is -0.335 e. The molecule has 2 aromatic carbocycles. The number of hydrogen-bond donors (Lipinski definition) is 1. The molecule has 0 fully saturated rings. The lowest BCUT2D eigenvalue weighted by Crippen LogP contribution is -2.28. The summed E-state index contributed by atoms with van der Waals surface area (Å²) in [6.45, 7) is 0. The lowest BCUT2D eigenvalue weighted by molar-refractivity contribution is -0.384. The minimum absolute atomic E-state index is 0.0389. The molecule has 0 radical (unpaired) electrons. The van der Waals surface area contributed by atoms with Crippen molar-refractivity contribution in [2.45, 2.75) is 5.16 Å². The molecule has 9 nitrogen and oxygen atoms in total. The van der Waals surface area contributed by atoms with Crippen molar-refractivity contribution < 1.29 is 9.72 Å². The van der Waals surface area contributed by atoms with Gasteiger partial charge in [-0.3, -0.25) is 14.9 Å². The number of amides is 1. The van der Waals surface area contributed by atoms with Crippen molar-refractivity contribution >= 4 is 52.2 Å². The molecule has 0 aliphatic carbocycles. The Morgan fingerprint density at radius 1 is 1.24 bits per heavy atom. The molecular weight excluding hydrogens is 439 g/mol. The maximum atomic E-state index is 12.5. The smallest absolute Gasteiger partial charge is 0.269 e. The Hall–Kier alpha value is -2.82. The number of nitro groups is 1. The van der Waals surface area contributed by atoms with Gasteiger partial charge in [0.25, 0.3) is 5.69 Å². The third-order valence-corrected chi connectivity index (χ3v) is 5.46. The van der Waals surface area contributed by atoms with Crippen molar-refractivity contribution in [3.05, 3.63) is 62.6 Å². The second-order valence-electron chi connectivity index (χ2n) is 5.82. The third kappa shape index (κ3) is 4.61. The summed E-state index contributed by atoms with van der Waals surface area (Å²) in [4.78, 5) is 24.1. The highest BCUT2D eigenvalue weighted by Crippen LogP contribution is 2.30. The average molecular weight is 453 g/mol. The van der Waals surface area contributed by atoms with E-state index in [-0.39, 0.29) is 17.3 Å². The summed E-state index contributed by atoms with van der Waals surface area (Å²) < 4.78 is 1.25. The summed E-state index contributed by atoms with van der Waals surface area (Å²) in [5.41, 5.74) is 1.05. The summed E-state index contributed by atoms with van der Waals surface area (Å²) in [5.74, 6) is 6.19. The molecule has 1 heterocycles. The molecule has 0 saturated carbocycles. The zero-order valence-corrected chi connectivity index (χ0v) is 17.3. The molecule has 150 valence electrons. The van der Waals surface area contributed by atoms with Crippen LogP contribution in [-0.2, 0) is 4.79 Å². The Bertz CT molecular complexity index is 1070. The average Bonchev–Trinajstić information content (AvgIpc) is 3.06. The van der Waals surface area contributed by atoms with Crippen LogP contribution in [0.1, 0.15) is 0 Å². The number of nitrogen functional groups attached to an aromatic ring is 1. The molecule has 3 aromatic rings. The highest BCUT2D eigenvalue weighted by molar-refractivity contribution is 7.99. The van der Waals surface area contributed by atoms with E-state index < -0.39 is 4.92 Å². The Balaban J connectivity index is 1.69. The van der Waals surface area contributed by atoms with Crippen molar-refractivity contribution in [1.29, 1.82) is 0 Å². The van der Waals surface area contributed by atoms with E-state index in [9.17, 15) is 14.9 Å². The van der Waals surface area contributed by atoms with Crippen molar-refractivity contribution in [1.82, 2.24) is 14.9 Å². The van der Waals surface area contributed by atoms with Gasteiger partial charge >= 0.3 is 0 Å². The van der Waals surface area contributed by atoms with E-state index in [0.717, 1.165) is 11.8 Å². The Kier molecular flexibility index (Phi) is 6.26. The van der Waals surface area contributed by atoms with E-state index in [2.05, 4.69) is 10.2 Å². The fraction of sp³-hybridized carbons (Fsp3) is 0.118. The number of nitrogens with two attached hydrogens (primary N) is 1. The molecule has 0 bridgehead atoms. The molecule has 0 unspecified atom stereocenters. The van der Waals surface area contributed by atoms with Crippen LogP contribution in [0.2, 0.25) is 10.0 Å². The first-order chi connectivity index (χ1) is 13.8. The Morgan fingerprint density at radius 3 is 2.55 bits per heavy atom. The summed E-state index contributed by atoms with van der Waals surface area (Å²) in [7, 11) is 1.58. The number of nitro benzene ring substituents is 1. The molecule has 0 spiro atoms. The first kappa shape index (κ1) is 20.9. The van der Waals surface area contributed by atoms with Gasteiger partial charge in [-0.05, 0) is 30.3 Å². The lowest BCUT2D eigenvalue weighted by atomic mass is 10.2. The molecule has 0 aliphatic heterocycles. The fourth-order valence-electron chi connectivity index (χ4n) is 2.40.